The van der Waals surface area contributed by atoms with Gasteiger partial charge in [0.15, 0.2) is 0 Å². The molecule has 0 saturated carbocycles. The quantitative estimate of drug-likeness (QED) is 0.869. The molecule has 0 aliphatic carbocycles. The summed E-state index contributed by atoms with van der Waals surface area (Å²) in [7, 11) is 0. The molecule has 108 valence electrons. The number of rotatable bonds is 3. The van der Waals surface area contributed by atoms with Gasteiger partial charge < -0.3 is 14.9 Å². The molecule has 1 aromatic rings. The minimum Gasteiger partial charge on any atom is -0.477 e. The SMILES string of the molecule is O=C(O)c1c(N2CCCC2)cc(Cl)nc1N1CCCC1. The third kappa shape index (κ3) is 2.42. The molecule has 1 aromatic heterocycles. The Labute approximate surface area is 123 Å². The first-order chi connectivity index (χ1) is 9.66. The molecule has 0 amide bonds. The molecule has 0 bridgehead atoms. The molecule has 0 spiro atoms. The summed E-state index contributed by atoms with van der Waals surface area (Å²) in [6, 6.07) is 1.69. The lowest BCUT2D eigenvalue weighted by atomic mass is 10.2. The Balaban J connectivity index is 2.09. The zero-order valence-corrected chi connectivity index (χ0v) is 12.1. The number of hydrogen-bond acceptors (Lipinski definition) is 4. The Bertz CT molecular complexity index is 486. The Morgan fingerprint density at radius 3 is 2.20 bits per heavy atom. The predicted molar refractivity (Wildman–Crippen MR) is 79.1 cm³/mol. The van der Waals surface area contributed by atoms with Crippen molar-refractivity contribution in [2.45, 2.75) is 25.7 Å². The van der Waals surface area contributed by atoms with E-state index in [4.69, 9.17) is 11.6 Å². The zero-order valence-electron chi connectivity index (χ0n) is 11.3. The largest absolute Gasteiger partial charge is 0.477 e. The van der Waals surface area contributed by atoms with Crippen LogP contribution < -0.4 is 9.80 Å². The van der Waals surface area contributed by atoms with Crippen LogP contribution in [0.1, 0.15) is 36.0 Å². The smallest absolute Gasteiger partial charge is 0.341 e. The maximum Gasteiger partial charge on any atom is 0.341 e. The average Bonchev–Trinajstić information content (AvgIpc) is 3.11. The highest BCUT2D eigenvalue weighted by Crippen LogP contribution is 2.34. The summed E-state index contributed by atoms with van der Waals surface area (Å²) >= 11 is 6.13. The second-order valence-corrected chi connectivity index (χ2v) is 5.74. The van der Waals surface area contributed by atoms with Gasteiger partial charge in [-0.25, -0.2) is 9.78 Å². The molecule has 2 aliphatic heterocycles. The van der Waals surface area contributed by atoms with Crippen LogP contribution in [0.2, 0.25) is 5.15 Å². The normalized spacial score (nSPS) is 18.9. The van der Waals surface area contributed by atoms with Gasteiger partial charge in [0.1, 0.15) is 16.5 Å². The molecule has 2 aliphatic rings. The van der Waals surface area contributed by atoms with Gasteiger partial charge in [0.25, 0.3) is 0 Å². The van der Waals surface area contributed by atoms with Crippen LogP contribution in [0.4, 0.5) is 11.5 Å². The molecule has 6 heteroatoms. The molecule has 0 aromatic carbocycles. The molecule has 3 heterocycles. The van der Waals surface area contributed by atoms with Gasteiger partial charge in [-0.3, -0.25) is 0 Å². The van der Waals surface area contributed by atoms with Crippen molar-refractivity contribution < 1.29 is 9.90 Å². The summed E-state index contributed by atoms with van der Waals surface area (Å²) in [4.78, 5) is 20.2. The van der Waals surface area contributed by atoms with Crippen molar-refractivity contribution in [1.82, 2.24) is 4.98 Å². The van der Waals surface area contributed by atoms with E-state index in [0.29, 0.717) is 16.5 Å². The fourth-order valence-electron chi connectivity index (χ4n) is 3.06. The second-order valence-electron chi connectivity index (χ2n) is 5.36. The topological polar surface area (TPSA) is 56.7 Å². The van der Waals surface area contributed by atoms with Gasteiger partial charge in [-0.05, 0) is 31.7 Å². The van der Waals surface area contributed by atoms with E-state index >= 15 is 0 Å². The van der Waals surface area contributed by atoms with Crippen molar-refractivity contribution >= 4 is 29.1 Å². The number of nitrogens with zero attached hydrogens (tertiary/aromatic N) is 3. The fourth-order valence-corrected chi connectivity index (χ4v) is 3.24. The number of halogens is 1. The fraction of sp³-hybridized carbons (Fsp3) is 0.571. The van der Waals surface area contributed by atoms with Crippen molar-refractivity contribution in [2.75, 3.05) is 36.0 Å². The molecule has 0 radical (unpaired) electrons. The molecule has 20 heavy (non-hydrogen) atoms. The number of hydrogen-bond donors (Lipinski definition) is 1. The van der Waals surface area contributed by atoms with Gasteiger partial charge in [0.2, 0.25) is 0 Å². The molecule has 2 saturated heterocycles. The van der Waals surface area contributed by atoms with Crippen LogP contribution in [0.3, 0.4) is 0 Å². The highest BCUT2D eigenvalue weighted by Gasteiger charge is 2.28. The number of aromatic nitrogens is 1. The number of anilines is 2. The highest BCUT2D eigenvalue weighted by atomic mass is 35.5. The summed E-state index contributed by atoms with van der Waals surface area (Å²) in [5, 5.41) is 10.00. The van der Waals surface area contributed by atoms with Crippen LogP contribution in [0, 0.1) is 0 Å². The van der Waals surface area contributed by atoms with Gasteiger partial charge in [-0.15, -0.1) is 0 Å². The summed E-state index contributed by atoms with van der Waals surface area (Å²) in [6.07, 6.45) is 4.34. The third-order valence-corrected chi connectivity index (χ3v) is 4.21. The lowest BCUT2D eigenvalue weighted by Crippen LogP contribution is -2.26. The van der Waals surface area contributed by atoms with Crippen molar-refractivity contribution in [3.05, 3.63) is 16.8 Å². The van der Waals surface area contributed by atoms with E-state index < -0.39 is 5.97 Å². The van der Waals surface area contributed by atoms with E-state index in [2.05, 4.69) is 9.88 Å². The van der Waals surface area contributed by atoms with Crippen LogP contribution in [0.25, 0.3) is 0 Å². The lowest BCUT2D eigenvalue weighted by molar-refractivity contribution is 0.0698. The van der Waals surface area contributed by atoms with Gasteiger partial charge in [-0.2, -0.15) is 0 Å². The Morgan fingerprint density at radius 1 is 1.10 bits per heavy atom. The molecule has 0 unspecified atom stereocenters. The standard InChI is InChI=1S/C14H18ClN3O2/c15-11-9-10(17-5-1-2-6-17)12(14(19)20)13(16-11)18-7-3-4-8-18/h9H,1-8H2,(H,19,20). The second kappa shape index (κ2) is 5.48. The van der Waals surface area contributed by atoms with Crippen LogP contribution in [0.15, 0.2) is 6.07 Å². The molecule has 0 atom stereocenters. The number of carbonyl (C=O) groups is 1. The predicted octanol–water partition coefficient (Wildman–Crippen LogP) is 2.63. The molecule has 2 fully saturated rings. The van der Waals surface area contributed by atoms with Gasteiger partial charge in [-0.1, -0.05) is 11.6 Å². The van der Waals surface area contributed by atoms with Crippen molar-refractivity contribution in [1.29, 1.82) is 0 Å². The maximum absolute atomic E-state index is 11.7. The van der Waals surface area contributed by atoms with Crippen LogP contribution in [-0.2, 0) is 0 Å². The minimum absolute atomic E-state index is 0.304. The lowest BCUT2D eigenvalue weighted by Gasteiger charge is -2.25. The van der Waals surface area contributed by atoms with E-state index in [9.17, 15) is 9.90 Å². The Hall–Kier alpha value is -1.49. The van der Waals surface area contributed by atoms with E-state index in [1.807, 2.05) is 4.90 Å². The van der Waals surface area contributed by atoms with E-state index in [1.54, 1.807) is 6.07 Å². The van der Waals surface area contributed by atoms with Gasteiger partial charge in [0, 0.05) is 26.2 Å². The first-order valence-electron chi connectivity index (χ1n) is 7.10. The first-order valence-corrected chi connectivity index (χ1v) is 7.48. The van der Waals surface area contributed by atoms with Crippen molar-refractivity contribution in [3.63, 3.8) is 0 Å². The Kier molecular flexibility index (Phi) is 3.70. The Morgan fingerprint density at radius 2 is 1.65 bits per heavy atom. The van der Waals surface area contributed by atoms with Gasteiger partial charge >= 0.3 is 5.97 Å². The molecule has 5 nitrogen and oxygen atoms in total. The van der Waals surface area contributed by atoms with Crippen molar-refractivity contribution in [2.24, 2.45) is 0 Å². The average molecular weight is 296 g/mol. The molecular formula is C14H18ClN3O2. The van der Waals surface area contributed by atoms with E-state index in [-0.39, 0.29) is 0 Å². The molecule has 3 rings (SSSR count). The van der Waals surface area contributed by atoms with Crippen LogP contribution >= 0.6 is 11.6 Å². The summed E-state index contributed by atoms with van der Waals surface area (Å²) in [5.74, 6) is -0.387. The van der Waals surface area contributed by atoms with Crippen molar-refractivity contribution in [3.8, 4) is 0 Å². The first kappa shape index (κ1) is 13.5. The number of pyridine rings is 1. The number of carboxylic acid groups (broad SMARTS) is 1. The van der Waals surface area contributed by atoms with E-state index in [0.717, 1.165) is 57.5 Å². The summed E-state index contributed by atoms with van der Waals surface area (Å²) in [6.45, 7) is 3.49. The highest BCUT2D eigenvalue weighted by molar-refractivity contribution is 6.30. The monoisotopic (exact) mass is 295 g/mol. The van der Waals surface area contributed by atoms with Crippen LogP contribution in [-0.4, -0.2) is 42.2 Å². The maximum atomic E-state index is 11.7. The minimum atomic E-state index is -0.919. The molecular weight excluding hydrogens is 278 g/mol. The van der Waals surface area contributed by atoms with Gasteiger partial charge in [0.05, 0.1) is 5.69 Å². The third-order valence-electron chi connectivity index (χ3n) is 4.01. The van der Waals surface area contributed by atoms with Crippen LogP contribution in [0.5, 0.6) is 0 Å². The number of carboxylic acids is 1. The summed E-state index contributed by atoms with van der Waals surface area (Å²) in [5.41, 5.74) is 1.02. The number of aromatic carboxylic acids is 1. The molecule has 1 N–H and O–H groups in total. The van der Waals surface area contributed by atoms with E-state index in [1.165, 1.54) is 0 Å². The zero-order chi connectivity index (χ0) is 14.1. The summed E-state index contributed by atoms with van der Waals surface area (Å²) < 4.78 is 0.